The van der Waals surface area contributed by atoms with Gasteiger partial charge in [-0.15, -0.1) is 0 Å². The van der Waals surface area contributed by atoms with E-state index in [1.807, 2.05) is 30.0 Å². The maximum absolute atomic E-state index is 12.5. The van der Waals surface area contributed by atoms with E-state index >= 15 is 0 Å². The average Bonchev–Trinajstić information content (AvgIpc) is 2.65. The molecule has 0 saturated carbocycles. The maximum Gasteiger partial charge on any atom is 0.407 e. The lowest BCUT2D eigenvalue weighted by molar-refractivity contribution is -0.139. The van der Waals surface area contributed by atoms with Gasteiger partial charge >= 0.3 is 6.09 Å². The Morgan fingerprint density at radius 2 is 1.59 bits per heavy atom. The number of carbonyl (C=O) groups is 3. The molecule has 2 rings (SSSR count). The van der Waals surface area contributed by atoms with E-state index in [9.17, 15) is 14.4 Å². The molecule has 1 N–H and O–H groups in total. The molecule has 3 amide bonds. The van der Waals surface area contributed by atoms with Crippen LogP contribution in [0.3, 0.4) is 0 Å². The van der Waals surface area contributed by atoms with Gasteiger partial charge in [0.15, 0.2) is 0 Å². The van der Waals surface area contributed by atoms with E-state index in [1.165, 1.54) is 11.1 Å². The summed E-state index contributed by atoms with van der Waals surface area (Å²) < 4.78 is 5.15. The highest BCUT2D eigenvalue weighted by atomic mass is 16.6. The van der Waals surface area contributed by atoms with Crippen LogP contribution in [0.25, 0.3) is 0 Å². The summed E-state index contributed by atoms with van der Waals surface area (Å²) in [5, 5.41) is 2.60. The molecule has 0 aliphatic carbocycles. The smallest absolute Gasteiger partial charge is 0.407 e. The fourth-order valence-corrected chi connectivity index (χ4v) is 3.23. The molecule has 0 spiro atoms. The van der Waals surface area contributed by atoms with Crippen LogP contribution >= 0.6 is 0 Å². The largest absolute Gasteiger partial charge is 0.444 e. The molecule has 1 fully saturated rings. The Kier molecular flexibility index (Phi) is 8.05. The van der Waals surface area contributed by atoms with Crippen molar-refractivity contribution in [1.82, 2.24) is 15.1 Å². The van der Waals surface area contributed by atoms with E-state index < -0.39 is 11.7 Å². The summed E-state index contributed by atoms with van der Waals surface area (Å²) in [6.45, 7) is 9.82. The Hall–Kier alpha value is -2.57. The van der Waals surface area contributed by atoms with Crippen LogP contribution in [0.5, 0.6) is 0 Å². The summed E-state index contributed by atoms with van der Waals surface area (Å²) in [5.41, 5.74) is 1.81. The molecule has 0 unspecified atom stereocenters. The van der Waals surface area contributed by atoms with Gasteiger partial charge in [0.2, 0.25) is 11.8 Å². The van der Waals surface area contributed by atoms with Crippen molar-refractivity contribution in [2.45, 2.75) is 52.6 Å². The molecule has 1 aromatic carbocycles. The van der Waals surface area contributed by atoms with Crippen molar-refractivity contribution < 1.29 is 19.1 Å². The van der Waals surface area contributed by atoms with Crippen molar-refractivity contribution >= 4 is 17.9 Å². The van der Waals surface area contributed by atoms with E-state index in [4.69, 9.17) is 4.74 Å². The predicted octanol–water partition coefficient (Wildman–Crippen LogP) is 2.51. The maximum atomic E-state index is 12.5. The number of carbonyl (C=O) groups excluding carboxylic acids is 3. The Morgan fingerprint density at radius 3 is 2.14 bits per heavy atom. The highest BCUT2D eigenvalue weighted by Crippen LogP contribution is 2.10. The molecule has 29 heavy (non-hydrogen) atoms. The summed E-state index contributed by atoms with van der Waals surface area (Å²) in [7, 11) is 0. The standard InChI is InChI=1S/C22H33N3O4/c1-17-6-5-7-18(16-17)8-9-19(26)24-12-14-25(15-13-24)20(27)10-11-23-21(28)29-22(2,3)4/h5-7,16H,8-15H2,1-4H3,(H,23,28). The van der Waals surface area contributed by atoms with Crippen LogP contribution < -0.4 is 5.32 Å². The fourth-order valence-electron chi connectivity index (χ4n) is 3.23. The number of hydrogen-bond acceptors (Lipinski definition) is 4. The van der Waals surface area contributed by atoms with Crippen molar-refractivity contribution in [2.75, 3.05) is 32.7 Å². The first-order valence-corrected chi connectivity index (χ1v) is 10.2. The first kappa shape index (κ1) is 22.7. The summed E-state index contributed by atoms with van der Waals surface area (Å²) in [4.78, 5) is 40.0. The first-order valence-electron chi connectivity index (χ1n) is 10.2. The molecule has 7 nitrogen and oxygen atoms in total. The van der Waals surface area contributed by atoms with Gasteiger partial charge in [-0.1, -0.05) is 29.8 Å². The van der Waals surface area contributed by atoms with Crippen molar-refractivity contribution in [3.8, 4) is 0 Å². The SMILES string of the molecule is Cc1cccc(CCC(=O)N2CCN(C(=O)CCNC(=O)OC(C)(C)C)CC2)c1. The van der Waals surface area contributed by atoms with E-state index in [-0.39, 0.29) is 24.8 Å². The number of rotatable bonds is 6. The fraction of sp³-hybridized carbons (Fsp3) is 0.591. The van der Waals surface area contributed by atoms with Crippen molar-refractivity contribution in [1.29, 1.82) is 0 Å². The summed E-state index contributed by atoms with van der Waals surface area (Å²) in [6.07, 6.45) is 0.919. The van der Waals surface area contributed by atoms with E-state index in [2.05, 4.69) is 11.4 Å². The highest BCUT2D eigenvalue weighted by molar-refractivity contribution is 5.79. The lowest BCUT2D eigenvalue weighted by atomic mass is 10.1. The lowest BCUT2D eigenvalue weighted by Gasteiger charge is -2.35. The van der Waals surface area contributed by atoms with E-state index in [1.54, 1.807) is 25.7 Å². The summed E-state index contributed by atoms with van der Waals surface area (Å²) in [5.74, 6) is 0.109. The predicted molar refractivity (Wildman–Crippen MR) is 112 cm³/mol. The molecule has 0 aromatic heterocycles. The van der Waals surface area contributed by atoms with Gasteiger partial charge in [-0.25, -0.2) is 4.79 Å². The average molecular weight is 404 g/mol. The zero-order valence-corrected chi connectivity index (χ0v) is 18.0. The Balaban J connectivity index is 1.66. The molecule has 0 atom stereocenters. The zero-order valence-electron chi connectivity index (χ0n) is 18.0. The minimum atomic E-state index is -0.559. The van der Waals surface area contributed by atoms with Crippen LogP contribution in [0.2, 0.25) is 0 Å². The quantitative estimate of drug-likeness (QED) is 0.792. The topological polar surface area (TPSA) is 79.0 Å². The van der Waals surface area contributed by atoms with Crippen LogP contribution in [-0.4, -0.2) is 66.0 Å². The molecular formula is C22H33N3O4. The van der Waals surface area contributed by atoms with Crippen LogP contribution in [0, 0.1) is 6.92 Å². The van der Waals surface area contributed by atoms with Gasteiger partial charge in [0.05, 0.1) is 0 Å². The molecule has 1 heterocycles. The minimum Gasteiger partial charge on any atom is -0.444 e. The first-order chi connectivity index (χ1) is 13.6. The van der Waals surface area contributed by atoms with Crippen LogP contribution in [0.4, 0.5) is 4.79 Å². The number of aryl methyl sites for hydroxylation is 2. The number of benzene rings is 1. The molecule has 1 aromatic rings. The number of amides is 3. The Morgan fingerprint density at radius 1 is 1.00 bits per heavy atom. The van der Waals surface area contributed by atoms with Gasteiger partial charge in [-0.2, -0.15) is 0 Å². The van der Waals surface area contributed by atoms with Gasteiger partial charge in [0, 0.05) is 45.6 Å². The molecule has 0 radical (unpaired) electrons. The van der Waals surface area contributed by atoms with Crippen LogP contribution in [0.15, 0.2) is 24.3 Å². The van der Waals surface area contributed by atoms with Crippen molar-refractivity contribution in [2.24, 2.45) is 0 Å². The van der Waals surface area contributed by atoms with Crippen molar-refractivity contribution in [3.05, 3.63) is 35.4 Å². The number of alkyl carbamates (subject to hydrolysis) is 1. The monoisotopic (exact) mass is 403 g/mol. The third-order valence-corrected chi connectivity index (χ3v) is 4.70. The molecule has 7 heteroatoms. The number of ether oxygens (including phenoxy) is 1. The van der Waals surface area contributed by atoms with Gasteiger partial charge in [0.1, 0.15) is 5.60 Å². The molecule has 0 bridgehead atoms. The second kappa shape index (κ2) is 10.3. The van der Waals surface area contributed by atoms with Crippen LogP contribution in [-0.2, 0) is 20.7 Å². The Labute approximate surface area is 173 Å². The molecule has 1 saturated heterocycles. The van der Waals surface area contributed by atoms with Gasteiger partial charge < -0.3 is 19.9 Å². The molecule has 1 aliphatic rings. The van der Waals surface area contributed by atoms with E-state index in [0.717, 1.165) is 6.42 Å². The van der Waals surface area contributed by atoms with Gasteiger partial charge in [0.25, 0.3) is 0 Å². The number of piperazine rings is 1. The third kappa shape index (κ3) is 8.13. The summed E-state index contributed by atoms with van der Waals surface area (Å²) >= 11 is 0. The number of hydrogen-bond donors (Lipinski definition) is 1. The van der Waals surface area contributed by atoms with Gasteiger partial charge in [-0.05, 0) is 39.7 Å². The molecular weight excluding hydrogens is 370 g/mol. The second-order valence-corrected chi connectivity index (χ2v) is 8.43. The molecule has 1 aliphatic heterocycles. The normalized spacial score (nSPS) is 14.5. The van der Waals surface area contributed by atoms with Crippen LogP contribution in [0.1, 0.15) is 44.7 Å². The summed E-state index contributed by atoms with van der Waals surface area (Å²) in [6, 6.07) is 8.21. The number of nitrogens with zero attached hydrogens (tertiary/aromatic N) is 2. The minimum absolute atomic E-state index is 0.0204. The Bertz CT molecular complexity index is 719. The second-order valence-electron chi connectivity index (χ2n) is 8.43. The highest BCUT2D eigenvalue weighted by Gasteiger charge is 2.24. The third-order valence-electron chi connectivity index (χ3n) is 4.70. The zero-order chi connectivity index (χ0) is 21.4. The van der Waals surface area contributed by atoms with Crippen molar-refractivity contribution in [3.63, 3.8) is 0 Å². The lowest BCUT2D eigenvalue weighted by Crippen LogP contribution is -2.51. The molecule has 160 valence electrons. The number of nitrogens with one attached hydrogen (secondary N) is 1. The van der Waals surface area contributed by atoms with Gasteiger partial charge in [-0.3, -0.25) is 9.59 Å². The van der Waals surface area contributed by atoms with E-state index in [0.29, 0.717) is 32.6 Å².